The number of aryl methyl sites for hydroxylation is 1. The molecule has 0 aromatic carbocycles. The molecule has 0 bridgehead atoms. The monoisotopic (exact) mass is 215 g/mol. The number of nitrogens with zero attached hydrogens (tertiary/aromatic N) is 2. The highest BCUT2D eigenvalue weighted by Gasteiger charge is 2.37. The van der Waals surface area contributed by atoms with Crippen molar-refractivity contribution in [3.8, 4) is 0 Å². The number of halogens is 3. The first kappa shape index (κ1) is 9.82. The van der Waals surface area contributed by atoms with Crippen LogP contribution in [0, 0.1) is 6.92 Å². The Kier molecular flexibility index (Phi) is 1.89. The molecule has 0 fully saturated rings. The van der Waals surface area contributed by atoms with E-state index < -0.39 is 12.0 Å². The summed E-state index contributed by atoms with van der Waals surface area (Å²) in [6, 6.07) is 4.72. The summed E-state index contributed by atoms with van der Waals surface area (Å²) in [4.78, 5) is 3.34. The molecular formula is C9H8F3N3. The molecule has 2 N–H and O–H groups in total. The highest BCUT2D eigenvalue weighted by molar-refractivity contribution is 5.67. The van der Waals surface area contributed by atoms with Crippen molar-refractivity contribution in [2.75, 3.05) is 5.73 Å². The molecule has 2 aromatic rings. The van der Waals surface area contributed by atoms with Gasteiger partial charge < -0.3 is 5.73 Å². The first-order valence-corrected chi connectivity index (χ1v) is 4.22. The van der Waals surface area contributed by atoms with E-state index in [1.165, 1.54) is 6.07 Å². The van der Waals surface area contributed by atoms with Crippen molar-refractivity contribution in [1.82, 2.24) is 9.38 Å². The van der Waals surface area contributed by atoms with Gasteiger partial charge in [-0.1, -0.05) is 6.07 Å². The van der Waals surface area contributed by atoms with Crippen LogP contribution < -0.4 is 5.73 Å². The summed E-state index contributed by atoms with van der Waals surface area (Å²) in [5.74, 6) is -1.08. The van der Waals surface area contributed by atoms with Crippen molar-refractivity contribution >= 4 is 11.3 Å². The molecule has 2 aromatic heterocycles. The van der Waals surface area contributed by atoms with Gasteiger partial charge in [-0.2, -0.15) is 13.2 Å². The van der Waals surface area contributed by atoms with E-state index in [0.717, 1.165) is 4.40 Å². The van der Waals surface area contributed by atoms with E-state index >= 15 is 0 Å². The highest BCUT2D eigenvalue weighted by atomic mass is 19.4. The topological polar surface area (TPSA) is 43.3 Å². The third-order valence-electron chi connectivity index (χ3n) is 2.14. The van der Waals surface area contributed by atoms with Crippen LogP contribution in [0.2, 0.25) is 0 Å². The molecule has 0 atom stereocenters. The van der Waals surface area contributed by atoms with E-state index in [0.29, 0.717) is 5.69 Å². The fourth-order valence-electron chi connectivity index (χ4n) is 1.51. The Bertz CT molecular complexity index is 513. The largest absolute Gasteiger partial charge is 0.450 e. The summed E-state index contributed by atoms with van der Waals surface area (Å²) < 4.78 is 38.7. The van der Waals surface area contributed by atoms with E-state index in [9.17, 15) is 13.2 Å². The van der Waals surface area contributed by atoms with Gasteiger partial charge in [-0.05, 0) is 19.1 Å². The summed E-state index contributed by atoms with van der Waals surface area (Å²) in [6.07, 6.45) is -4.49. The molecule has 0 spiro atoms. The van der Waals surface area contributed by atoms with Crippen LogP contribution in [-0.4, -0.2) is 9.38 Å². The Labute approximate surface area is 83.3 Å². The van der Waals surface area contributed by atoms with Crippen LogP contribution in [0.15, 0.2) is 18.2 Å². The maximum Gasteiger partial charge on any atom is 0.450 e. The van der Waals surface area contributed by atoms with E-state index in [2.05, 4.69) is 4.98 Å². The zero-order valence-corrected chi connectivity index (χ0v) is 7.84. The van der Waals surface area contributed by atoms with Crippen molar-refractivity contribution in [2.24, 2.45) is 0 Å². The minimum Gasteiger partial charge on any atom is -0.382 e. The molecule has 0 unspecified atom stereocenters. The highest BCUT2D eigenvalue weighted by Crippen LogP contribution is 2.31. The van der Waals surface area contributed by atoms with Gasteiger partial charge in [0.1, 0.15) is 5.82 Å². The molecular weight excluding hydrogens is 207 g/mol. The van der Waals surface area contributed by atoms with Crippen LogP contribution in [0.25, 0.3) is 5.52 Å². The standard InChI is InChI=1S/C9H8F3N3/c1-5-3-2-4-6-7(13)14-8(15(5)6)9(10,11)12/h2-4H,13H2,1H3. The molecule has 0 aliphatic rings. The number of hydrogen-bond donors (Lipinski definition) is 1. The van der Waals surface area contributed by atoms with Crippen LogP contribution in [0.5, 0.6) is 0 Å². The molecule has 15 heavy (non-hydrogen) atoms. The second kappa shape index (κ2) is 2.88. The molecule has 0 aliphatic heterocycles. The van der Waals surface area contributed by atoms with Gasteiger partial charge in [-0.25, -0.2) is 4.98 Å². The van der Waals surface area contributed by atoms with Gasteiger partial charge >= 0.3 is 6.18 Å². The molecule has 0 amide bonds. The average molecular weight is 215 g/mol. The van der Waals surface area contributed by atoms with E-state index in [1.54, 1.807) is 19.1 Å². The zero-order valence-electron chi connectivity index (χ0n) is 7.84. The number of rotatable bonds is 0. The van der Waals surface area contributed by atoms with Crippen LogP contribution in [0.3, 0.4) is 0 Å². The minimum atomic E-state index is -4.49. The maximum atomic E-state index is 12.6. The van der Waals surface area contributed by atoms with Crippen molar-refractivity contribution < 1.29 is 13.2 Å². The SMILES string of the molecule is Cc1cccc2c(N)nc(C(F)(F)F)n12. The Hall–Kier alpha value is -1.72. The number of pyridine rings is 1. The Morgan fingerprint density at radius 1 is 1.33 bits per heavy atom. The predicted molar refractivity (Wildman–Crippen MR) is 49.3 cm³/mol. The van der Waals surface area contributed by atoms with E-state index in [4.69, 9.17) is 5.73 Å². The van der Waals surface area contributed by atoms with Gasteiger partial charge in [0.2, 0.25) is 5.82 Å². The van der Waals surface area contributed by atoms with Gasteiger partial charge in [-0.3, -0.25) is 4.40 Å². The van der Waals surface area contributed by atoms with E-state index in [-0.39, 0.29) is 11.3 Å². The fourth-order valence-corrected chi connectivity index (χ4v) is 1.51. The molecule has 2 heterocycles. The lowest BCUT2D eigenvalue weighted by atomic mass is 10.3. The number of fused-ring (bicyclic) bond motifs is 1. The van der Waals surface area contributed by atoms with Crippen LogP contribution in [-0.2, 0) is 6.18 Å². The van der Waals surface area contributed by atoms with E-state index in [1.807, 2.05) is 0 Å². The lowest BCUT2D eigenvalue weighted by molar-refractivity contribution is -0.145. The second-order valence-electron chi connectivity index (χ2n) is 3.21. The number of nitrogen functional groups attached to an aromatic ring is 1. The third kappa shape index (κ3) is 1.42. The first-order valence-electron chi connectivity index (χ1n) is 4.22. The van der Waals surface area contributed by atoms with Crippen LogP contribution >= 0.6 is 0 Å². The molecule has 0 radical (unpaired) electrons. The minimum absolute atomic E-state index is 0.106. The third-order valence-corrected chi connectivity index (χ3v) is 2.14. The molecule has 0 saturated heterocycles. The van der Waals surface area contributed by atoms with Crippen molar-refractivity contribution in [3.05, 3.63) is 29.7 Å². The van der Waals surface area contributed by atoms with Crippen molar-refractivity contribution in [1.29, 1.82) is 0 Å². The van der Waals surface area contributed by atoms with Crippen molar-refractivity contribution in [2.45, 2.75) is 13.1 Å². The number of anilines is 1. The molecule has 3 nitrogen and oxygen atoms in total. The van der Waals surface area contributed by atoms with Gasteiger partial charge in [0, 0.05) is 5.69 Å². The zero-order chi connectivity index (χ0) is 11.2. The first-order chi connectivity index (χ1) is 6.91. The van der Waals surface area contributed by atoms with Gasteiger partial charge in [0.25, 0.3) is 0 Å². The molecule has 2 rings (SSSR count). The Morgan fingerprint density at radius 2 is 2.00 bits per heavy atom. The molecule has 0 aliphatic carbocycles. The Balaban J connectivity index is 2.88. The Morgan fingerprint density at radius 3 is 2.60 bits per heavy atom. The van der Waals surface area contributed by atoms with Crippen LogP contribution in [0.1, 0.15) is 11.5 Å². The van der Waals surface area contributed by atoms with Crippen molar-refractivity contribution in [3.63, 3.8) is 0 Å². The van der Waals surface area contributed by atoms with Gasteiger partial charge in [0.05, 0.1) is 5.52 Å². The number of nitrogens with two attached hydrogens (primary N) is 1. The number of hydrogen-bond acceptors (Lipinski definition) is 2. The quantitative estimate of drug-likeness (QED) is 0.732. The lowest BCUT2D eigenvalue weighted by Gasteiger charge is -2.06. The summed E-state index contributed by atoms with van der Waals surface area (Å²) in [5.41, 5.74) is 6.14. The molecule has 80 valence electrons. The lowest BCUT2D eigenvalue weighted by Crippen LogP contribution is -2.11. The second-order valence-corrected chi connectivity index (χ2v) is 3.21. The summed E-state index contributed by atoms with van der Waals surface area (Å²) in [7, 11) is 0. The smallest absolute Gasteiger partial charge is 0.382 e. The predicted octanol–water partition coefficient (Wildman–Crippen LogP) is 2.24. The van der Waals surface area contributed by atoms with Gasteiger partial charge in [-0.15, -0.1) is 0 Å². The summed E-state index contributed by atoms with van der Waals surface area (Å²) in [5, 5.41) is 0. The summed E-state index contributed by atoms with van der Waals surface area (Å²) in [6.45, 7) is 1.57. The average Bonchev–Trinajstić information content (AvgIpc) is 2.45. The number of imidazole rings is 1. The van der Waals surface area contributed by atoms with Crippen LogP contribution in [0.4, 0.5) is 19.0 Å². The van der Waals surface area contributed by atoms with Gasteiger partial charge in [0.15, 0.2) is 0 Å². The maximum absolute atomic E-state index is 12.6. The number of aromatic nitrogens is 2. The fraction of sp³-hybridized carbons (Fsp3) is 0.222. The molecule has 6 heteroatoms. The summed E-state index contributed by atoms with van der Waals surface area (Å²) >= 11 is 0. The normalized spacial score (nSPS) is 12.3. The number of alkyl halides is 3. The molecule has 0 saturated carbocycles.